The second kappa shape index (κ2) is 6.57. The van der Waals surface area contributed by atoms with E-state index in [1.165, 1.54) is 18.3 Å². The summed E-state index contributed by atoms with van der Waals surface area (Å²) < 4.78 is 18.8. The Morgan fingerprint density at radius 2 is 2.23 bits per heavy atom. The number of hydrogen-bond acceptors (Lipinski definition) is 3. The van der Waals surface area contributed by atoms with Gasteiger partial charge >= 0.3 is 6.03 Å². The molecule has 3 rings (SSSR count). The third-order valence-electron chi connectivity index (χ3n) is 3.61. The third kappa shape index (κ3) is 3.43. The molecule has 1 aromatic carbocycles. The minimum atomic E-state index is -0.355. The van der Waals surface area contributed by atoms with Crippen molar-refractivity contribution in [3.63, 3.8) is 0 Å². The summed E-state index contributed by atoms with van der Waals surface area (Å²) in [6.07, 6.45) is 4.79. The lowest BCUT2D eigenvalue weighted by Crippen LogP contribution is -2.38. The molecule has 22 heavy (non-hydrogen) atoms. The number of amides is 2. The molecule has 0 spiro atoms. The molecule has 2 atom stereocenters. The van der Waals surface area contributed by atoms with Gasteiger partial charge in [0.15, 0.2) is 0 Å². The fourth-order valence-corrected chi connectivity index (χ4v) is 2.55. The Labute approximate surface area is 127 Å². The van der Waals surface area contributed by atoms with Crippen LogP contribution in [0.4, 0.5) is 14.9 Å². The number of nitrogens with zero attached hydrogens (tertiary/aromatic N) is 1. The molecule has 2 amide bonds. The van der Waals surface area contributed by atoms with Crippen LogP contribution in [-0.2, 0) is 4.74 Å². The number of aromatic amines is 1. The van der Waals surface area contributed by atoms with Gasteiger partial charge in [-0.15, -0.1) is 0 Å². The number of nitrogens with one attached hydrogen (secondary N) is 3. The lowest BCUT2D eigenvalue weighted by atomic mass is 9.99. The number of carbonyl (C=O) groups is 1. The predicted molar refractivity (Wildman–Crippen MR) is 78.9 cm³/mol. The number of hydrogen-bond donors (Lipinski definition) is 3. The van der Waals surface area contributed by atoms with E-state index < -0.39 is 0 Å². The van der Waals surface area contributed by atoms with Crippen LogP contribution in [-0.4, -0.2) is 28.9 Å². The molecular formula is C15H17FN4O2. The molecule has 6 nitrogen and oxygen atoms in total. The molecule has 1 saturated heterocycles. The van der Waals surface area contributed by atoms with Crippen LogP contribution in [0.3, 0.4) is 0 Å². The van der Waals surface area contributed by atoms with Crippen molar-refractivity contribution in [2.75, 3.05) is 11.9 Å². The first-order chi connectivity index (χ1) is 10.7. The fourth-order valence-electron chi connectivity index (χ4n) is 2.55. The van der Waals surface area contributed by atoms with Crippen molar-refractivity contribution in [3.8, 4) is 0 Å². The van der Waals surface area contributed by atoms with Crippen molar-refractivity contribution in [2.45, 2.75) is 25.0 Å². The lowest BCUT2D eigenvalue weighted by molar-refractivity contribution is 0.0815. The Balaban J connectivity index is 1.73. The number of urea groups is 1. The average molecular weight is 304 g/mol. The fraction of sp³-hybridized carbons (Fsp3) is 0.333. The van der Waals surface area contributed by atoms with E-state index in [9.17, 15) is 9.18 Å². The van der Waals surface area contributed by atoms with Gasteiger partial charge in [0, 0.05) is 12.8 Å². The van der Waals surface area contributed by atoms with Gasteiger partial charge in [-0.1, -0.05) is 12.1 Å². The van der Waals surface area contributed by atoms with Gasteiger partial charge in [0.05, 0.1) is 24.0 Å². The zero-order valence-corrected chi connectivity index (χ0v) is 11.9. The van der Waals surface area contributed by atoms with E-state index >= 15 is 0 Å². The van der Waals surface area contributed by atoms with Gasteiger partial charge < -0.3 is 15.4 Å². The molecule has 1 aromatic heterocycles. The van der Waals surface area contributed by atoms with Crippen molar-refractivity contribution < 1.29 is 13.9 Å². The Morgan fingerprint density at radius 1 is 1.41 bits per heavy atom. The van der Waals surface area contributed by atoms with E-state index in [2.05, 4.69) is 20.8 Å². The van der Waals surface area contributed by atoms with Gasteiger partial charge in [0.1, 0.15) is 5.82 Å². The molecule has 2 heterocycles. The molecule has 116 valence electrons. The SMILES string of the molecule is O=C(Nc1cn[nH]c1)N[C@@H](c1ccc(F)cc1)[C@H]1CCCO1. The van der Waals surface area contributed by atoms with Crippen LogP contribution in [0.5, 0.6) is 0 Å². The first-order valence-electron chi connectivity index (χ1n) is 7.16. The van der Waals surface area contributed by atoms with Crippen LogP contribution in [0.25, 0.3) is 0 Å². The summed E-state index contributed by atoms with van der Waals surface area (Å²) in [6.45, 7) is 0.674. The topological polar surface area (TPSA) is 79.0 Å². The molecular weight excluding hydrogens is 287 g/mol. The third-order valence-corrected chi connectivity index (χ3v) is 3.61. The molecule has 7 heteroatoms. The van der Waals surface area contributed by atoms with Crippen LogP contribution < -0.4 is 10.6 Å². The van der Waals surface area contributed by atoms with Crippen LogP contribution in [0.15, 0.2) is 36.7 Å². The van der Waals surface area contributed by atoms with E-state index in [4.69, 9.17) is 4.74 Å². The van der Waals surface area contributed by atoms with E-state index in [0.29, 0.717) is 12.3 Å². The highest BCUT2D eigenvalue weighted by Crippen LogP contribution is 2.27. The largest absolute Gasteiger partial charge is 0.376 e. The second-order valence-electron chi connectivity index (χ2n) is 5.17. The number of ether oxygens (including phenoxy) is 1. The summed E-state index contributed by atoms with van der Waals surface area (Å²) in [5, 5.41) is 12.0. The first kappa shape index (κ1) is 14.5. The molecule has 2 aromatic rings. The van der Waals surface area contributed by atoms with Crippen LogP contribution in [0.2, 0.25) is 0 Å². The Bertz CT molecular complexity index is 609. The zero-order valence-electron chi connectivity index (χ0n) is 11.9. The van der Waals surface area contributed by atoms with Crippen LogP contribution in [0.1, 0.15) is 24.4 Å². The summed E-state index contributed by atoms with van der Waals surface area (Å²) in [5.41, 5.74) is 1.39. The predicted octanol–water partition coefficient (Wildman–Crippen LogP) is 2.59. The van der Waals surface area contributed by atoms with Crippen LogP contribution in [0, 0.1) is 5.82 Å². The number of H-pyrrole nitrogens is 1. The molecule has 1 aliphatic rings. The van der Waals surface area contributed by atoms with E-state index in [0.717, 1.165) is 18.4 Å². The smallest absolute Gasteiger partial charge is 0.319 e. The standard InChI is InChI=1S/C15H17FN4O2/c16-11-5-3-10(4-6-11)14(13-2-1-7-22-13)20-15(21)19-12-8-17-18-9-12/h3-6,8-9,13-14H,1-2,7H2,(H,17,18)(H2,19,20,21)/t13-,14+/m1/s1. The second-order valence-corrected chi connectivity index (χ2v) is 5.17. The maximum Gasteiger partial charge on any atom is 0.319 e. The number of benzene rings is 1. The van der Waals surface area contributed by atoms with E-state index in [1.54, 1.807) is 18.3 Å². The number of halogens is 1. The normalized spacial score (nSPS) is 18.9. The summed E-state index contributed by atoms with van der Waals surface area (Å²) in [5.74, 6) is -0.308. The Morgan fingerprint density at radius 3 is 2.86 bits per heavy atom. The highest BCUT2D eigenvalue weighted by atomic mass is 19.1. The van der Waals surface area contributed by atoms with Gasteiger partial charge in [0.25, 0.3) is 0 Å². The Hall–Kier alpha value is -2.41. The molecule has 1 fully saturated rings. The van der Waals surface area contributed by atoms with Crippen molar-refractivity contribution in [3.05, 3.63) is 48.0 Å². The lowest BCUT2D eigenvalue weighted by Gasteiger charge is -2.24. The number of anilines is 1. The van der Waals surface area contributed by atoms with Crippen molar-refractivity contribution in [1.29, 1.82) is 0 Å². The van der Waals surface area contributed by atoms with Gasteiger partial charge in [0.2, 0.25) is 0 Å². The number of rotatable bonds is 4. The summed E-state index contributed by atoms with van der Waals surface area (Å²) >= 11 is 0. The minimum absolute atomic E-state index is 0.111. The molecule has 1 aliphatic heterocycles. The van der Waals surface area contributed by atoms with Crippen molar-refractivity contribution in [2.24, 2.45) is 0 Å². The van der Waals surface area contributed by atoms with Crippen molar-refractivity contribution in [1.82, 2.24) is 15.5 Å². The molecule has 0 bridgehead atoms. The first-order valence-corrected chi connectivity index (χ1v) is 7.16. The summed E-state index contributed by atoms with van der Waals surface area (Å²) in [7, 11) is 0. The Kier molecular flexibility index (Phi) is 4.34. The van der Waals surface area contributed by atoms with Gasteiger partial charge in [-0.05, 0) is 30.5 Å². The van der Waals surface area contributed by atoms with Gasteiger partial charge in [-0.2, -0.15) is 5.10 Å². The van der Waals surface area contributed by atoms with Crippen molar-refractivity contribution >= 4 is 11.7 Å². The van der Waals surface area contributed by atoms with E-state index in [1.807, 2.05) is 0 Å². The molecule has 0 aliphatic carbocycles. The quantitative estimate of drug-likeness (QED) is 0.812. The highest BCUT2D eigenvalue weighted by Gasteiger charge is 2.28. The molecule has 0 radical (unpaired) electrons. The minimum Gasteiger partial charge on any atom is -0.376 e. The number of carbonyl (C=O) groups excluding carboxylic acids is 1. The maximum atomic E-state index is 13.1. The summed E-state index contributed by atoms with van der Waals surface area (Å²) in [6, 6.07) is 5.42. The maximum absolute atomic E-state index is 13.1. The van der Waals surface area contributed by atoms with Gasteiger partial charge in [-0.3, -0.25) is 5.10 Å². The zero-order chi connectivity index (χ0) is 15.4. The monoisotopic (exact) mass is 304 g/mol. The molecule has 0 unspecified atom stereocenters. The average Bonchev–Trinajstić information content (AvgIpc) is 3.19. The van der Waals surface area contributed by atoms with Gasteiger partial charge in [-0.25, -0.2) is 9.18 Å². The van der Waals surface area contributed by atoms with E-state index in [-0.39, 0.29) is 24.0 Å². The number of aromatic nitrogens is 2. The molecule has 0 saturated carbocycles. The highest BCUT2D eigenvalue weighted by molar-refractivity contribution is 5.89. The van der Waals surface area contributed by atoms with Crippen LogP contribution >= 0.6 is 0 Å². The molecule has 3 N–H and O–H groups in total. The summed E-state index contributed by atoms with van der Waals surface area (Å²) in [4.78, 5) is 12.1.